The van der Waals surface area contributed by atoms with E-state index < -0.39 is 0 Å². The molecular weight excluding hydrogens is 180 g/mol. The van der Waals surface area contributed by atoms with Crippen LogP contribution in [0.4, 0.5) is 0 Å². The molecule has 0 aromatic heterocycles. The summed E-state index contributed by atoms with van der Waals surface area (Å²) < 4.78 is 9.74. The normalized spacial score (nSPS) is 11.9. The summed E-state index contributed by atoms with van der Waals surface area (Å²) in [5.74, 6) is -0.231. The Labute approximate surface area is 85.4 Å². The maximum atomic E-state index is 11.3. The Morgan fingerprint density at radius 2 is 2.21 bits per heavy atom. The molecule has 1 unspecified atom stereocenters. The third-order valence-corrected chi connectivity index (χ3v) is 1.98. The predicted octanol–water partition coefficient (Wildman–Crippen LogP) is 2.29. The van der Waals surface area contributed by atoms with E-state index in [1.54, 1.807) is 6.08 Å². The molecule has 0 aliphatic rings. The van der Waals surface area contributed by atoms with Crippen LogP contribution in [0.25, 0.3) is 0 Å². The maximum absolute atomic E-state index is 11.3. The monoisotopic (exact) mass is 198 g/mol. The van der Waals surface area contributed by atoms with Gasteiger partial charge in [-0.1, -0.05) is 26.5 Å². The molecule has 80 valence electrons. The molecule has 0 aliphatic carbocycles. The van der Waals surface area contributed by atoms with Crippen LogP contribution in [0.2, 0.25) is 0 Å². The van der Waals surface area contributed by atoms with Crippen LogP contribution >= 0.6 is 0 Å². The van der Waals surface area contributed by atoms with Crippen molar-refractivity contribution in [2.75, 3.05) is 13.4 Å². The molecule has 0 spiro atoms. The highest BCUT2D eigenvalue weighted by Gasteiger charge is 2.13. The van der Waals surface area contributed by atoms with Crippen LogP contribution in [0.1, 0.15) is 20.3 Å². The molecule has 0 fully saturated rings. The summed E-state index contributed by atoms with van der Waals surface area (Å²) in [4.78, 5) is 11.3. The fraction of sp³-hybridized carbons (Fsp3) is 0.545. The molecule has 0 saturated carbocycles. The van der Waals surface area contributed by atoms with Gasteiger partial charge in [-0.3, -0.25) is 0 Å². The number of carbonyl (C=O) groups is 1. The minimum atomic E-state index is -0.386. The summed E-state index contributed by atoms with van der Waals surface area (Å²) in [6, 6.07) is 0. The van der Waals surface area contributed by atoms with E-state index in [1.165, 1.54) is 0 Å². The van der Waals surface area contributed by atoms with Gasteiger partial charge in [-0.2, -0.15) is 0 Å². The van der Waals surface area contributed by atoms with Gasteiger partial charge in [0.25, 0.3) is 0 Å². The second kappa shape index (κ2) is 7.33. The lowest BCUT2D eigenvalue weighted by Gasteiger charge is -2.11. The fourth-order valence-electron chi connectivity index (χ4n) is 0.767. The number of hydrogen-bond donors (Lipinski definition) is 0. The van der Waals surface area contributed by atoms with Crippen molar-refractivity contribution in [3.8, 4) is 0 Å². The van der Waals surface area contributed by atoms with Crippen LogP contribution in [0.15, 0.2) is 24.8 Å². The van der Waals surface area contributed by atoms with E-state index in [0.29, 0.717) is 12.2 Å². The molecule has 0 heterocycles. The Morgan fingerprint density at radius 3 is 2.71 bits per heavy atom. The number of esters is 1. The van der Waals surface area contributed by atoms with Crippen LogP contribution < -0.4 is 0 Å². The summed E-state index contributed by atoms with van der Waals surface area (Å²) in [5, 5.41) is 0. The van der Waals surface area contributed by atoms with Crippen molar-refractivity contribution in [2.24, 2.45) is 5.92 Å². The average molecular weight is 198 g/mol. The predicted molar refractivity (Wildman–Crippen MR) is 55.7 cm³/mol. The van der Waals surface area contributed by atoms with Crippen LogP contribution in [-0.4, -0.2) is 19.4 Å². The number of ether oxygens (including phenoxy) is 2. The van der Waals surface area contributed by atoms with Crippen molar-refractivity contribution in [3.63, 3.8) is 0 Å². The molecular formula is C11H18O3. The van der Waals surface area contributed by atoms with Crippen LogP contribution in [0, 0.1) is 5.92 Å². The van der Waals surface area contributed by atoms with Gasteiger partial charge in [0, 0.05) is 5.57 Å². The molecule has 0 radical (unpaired) electrons. The largest absolute Gasteiger partial charge is 0.435 e. The van der Waals surface area contributed by atoms with Crippen molar-refractivity contribution in [3.05, 3.63) is 24.8 Å². The molecule has 0 bridgehead atoms. The van der Waals surface area contributed by atoms with Crippen molar-refractivity contribution in [1.82, 2.24) is 0 Å². The first kappa shape index (κ1) is 12.9. The number of rotatable bonds is 7. The lowest BCUT2D eigenvalue weighted by Crippen LogP contribution is -2.14. The minimum absolute atomic E-state index is 0.0414. The van der Waals surface area contributed by atoms with E-state index in [9.17, 15) is 4.79 Å². The summed E-state index contributed by atoms with van der Waals surface area (Å²) >= 11 is 0. The quantitative estimate of drug-likeness (QED) is 0.207. The highest BCUT2D eigenvalue weighted by molar-refractivity contribution is 5.88. The molecule has 3 nitrogen and oxygen atoms in total. The molecule has 0 aromatic carbocycles. The van der Waals surface area contributed by atoms with Gasteiger partial charge < -0.3 is 9.47 Å². The average Bonchev–Trinajstić information content (AvgIpc) is 2.21. The Bertz CT molecular complexity index is 209. The minimum Gasteiger partial charge on any atom is -0.435 e. The van der Waals surface area contributed by atoms with Gasteiger partial charge in [0.15, 0.2) is 6.79 Å². The smallest absolute Gasteiger partial charge is 0.335 e. The number of carbonyl (C=O) groups excluding carboxylic acids is 1. The van der Waals surface area contributed by atoms with Gasteiger partial charge in [0.1, 0.15) is 0 Å². The Kier molecular flexibility index (Phi) is 6.76. The van der Waals surface area contributed by atoms with Gasteiger partial charge >= 0.3 is 5.97 Å². The van der Waals surface area contributed by atoms with E-state index in [-0.39, 0.29) is 18.7 Å². The van der Waals surface area contributed by atoms with Gasteiger partial charge in [-0.15, -0.1) is 6.58 Å². The molecule has 3 heteroatoms. The summed E-state index contributed by atoms with van der Waals surface area (Å²) in [6.07, 6.45) is 2.47. The second-order valence-corrected chi connectivity index (χ2v) is 3.04. The summed E-state index contributed by atoms with van der Waals surface area (Å²) in [7, 11) is 0. The van der Waals surface area contributed by atoms with E-state index in [1.807, 2.05) is 13.8 Å². The fourth-order valence-corrected chi connectivity index (χ4v) is 0.767. The lowest BCUT2D eigenvalue weighted by molar-refractivity contribution is -0.151. The van der Waals surface area contributed by atoms with Gasteiger partial charge in [-0.25, -0.2) is 4.79 Å². The summed E-state index contributed by atoms with van der Waals surface area (Å²) in [5.41, 5.74) is 0.495. The first-order valence-electron chi connectivity index (χ1n) is 4.68. The van der Waals surface area contributed by atoms with Crippen LogP contribution in [0.3, 0.4) is 0 Å². The second-order valence-electron chi connectivity index (χ2n) is 3.04. The molecule has 1 atom stereocenters. The zero-order valence-electron chi connectivity index (χ0n) is 8.91. The van der Waals surface area contributed by atoms with E-state index in [4.69, 9.17) is 9.47 Å². The highest BCUT2D eigenvalue weighted by atomic mass is 16.7. The number of hydrogen-bond acceptors (Lipinski definition) is 3. The Hall–Kier alpha value is -1.09. The van der Waals surface area contributed by atoms with Gasteiger partial charge in [-0.05, 0) is 12.3 Å². The van der Waals surface area contributed by atoms with Crippen LogP contribution in [-0.2, 0) is 14.3 Å². The van der Waals surface area contributed by atoms with E-state index in [2.05, 4.69) is 13.2 Å². The Balaban J connectivity index is 3.73. The lowest BCUT2D eigenvalue weighted by atomic mass is 10.0. The SMILES string of the molecule is C=CCOCOC(=O)C(=C)C(C)CC. The third-order valence-electron chi connectivity index (χ3n) is 1.98. The Morgan fingerprint density at radius 1 is 1.57 bits per heavy atom. The molecule has 0 amide bonds. The van der Waals surface area contributed by atoms with Crippen LogP contribution in [0.5, 0.6) is 0 Å². The molecule has 0 aliphatic heterocycles. The first-order chi connectivity index (χ1) is 6.63. The zero-order chi connectivity index (χ0) is 11.0. The molecule has 0 rings (SSSR count). The highest BCUT2D eigenvalue weighted by Crippen LogP contribution is 2.13. The van der Waals surface area contributed by atoms with E-state index in [0.717, 1.165) is 6.42 Å². The molecule has 14 heavy (non-hydrogen) atoms. The molecule has 0 aromatic rings. The molecule has 0 saturated heterocycles. The van der Waals surface area contributed by atoms with Gasteiger partial charge in [0.05, 0.1) is 6.61 Å². The van der Waals surface area contributed by atoms with Gasteiger partial charge in [0.2, 0.25) is 0 Å². The zero-order valence-corrected chi connectivity index (χ0v) is 8.91. The summed E-state index contributed by atoms with van der Waals surface area (Å²) in [6.45, 7) is 11.4. The van der Waals surface area contributed by atoms with E-state index >= 15 is 0 Å². The van der Waals surface area contributed by atoms with Crippen molar-refractivity contribution in [2.45, 2.75) is 20.3 Å². The maximum Gasteiger partial charge on any atom is 0.335 e. The topological polar surface area (TPSA) is 35.5 Å². The third kappa shape index (κ3) is 4.82. The van der Waals surface area contributed by atoms with Crippen molar-refractivity contribution in [1.29, 1.82) is 0 Å². The standard InChI is InChI=1S/C11H18O3/c1-5-7-13-8-14-11(12)10(4)9(3)6-2/h5,9H,1,4,6-8H2,2-3H3. The first-order valence-corrected chi connectivity index (χ1v) is 4.68. The van der Waals surface area contributed by atoms with Crippen molar-refractivity contribution >= 4 is 5.97 Å². The van der Waals surface area contributed by atoms with Crippen molar-refractivity contribution < 1.29 is 14.3 Å². The molecule has 0 N–H and O–H groups in total.